The number of rotatable bonds is 5. The van der Waals surface area contributed by atoms with Crippen LogP contribution in [-0.4, -0.2) is 16.4 Å². The Hall–Kier alpha value is -1.74. The molecule has 1 heterocycles. The van der Waals surface area contributed by atoms with Crippen LogP contribution in [0.1, 0.15) is 10.4 Å². The molecule has 0 N–H and O–H groups in total. The first-order chi connectivity index (χ1) is 8.25. The lowest BCUT2D eigenvalue weighted by molar-refractivity contribution is 0.108. The number of ether oxygens (including phenoxy) is 1. The first-order valence-corrected chi connectivity index (χ1v) is 5.59. The monoisotopic (exact) mass is 248 g/mol. The molecule has 3 nitrogen and oxygen atoms in total. The number of hydrogen-bond acceptors (Lipinski definition) is 2. The van der Waals surface area contributed by atoms with E-state index in [-0.39, 0.29) is 0 Å². The second kappa shape index (κ2) is 5.55. The van der Waals surface area contributed by atoms with E-state index in [2.05, 4.69) is 6.20 Å². The predicted octanol–water partition coefficient (Wildman–Crippen LogP) is 2.75. The zero-order valence-corrected chi connectivity index (χ0v) is 9.85. The number of aromatic nitrogens is 1. The molecular weight excluding hydrogens is 238 g/mol. The summed E-state index contributed by atoms with van der Waals surface area (Å²) in [4.78, 5) is 10.8. The first kappa shape index (κ1) is 11.7. The molecule has 0 saturated carbocycles. The summed E-state index contributed by atoms with van der Waals surface area (Å²) in [6.45, 7) is 1.29. The van der Waals surface area contributed by atoms with Gasteiger partial charge in [-0.2, -0.15) is 0 Å². The van der Waals surface area contributed by atoms with Crippen molar-refractivity contribution in [2.24, 2.45) is 0 Å². The summed E-state index contributed by atoms with van der Waals surface area (Å²) in [5.41, 5.74) is 0.470. The van der Waals surface area contributed by atoms with Gasteiger partial charge >= 0.3 is 0 Å². The Morgan fingerprint density at radius 1 is 1.35 bits per heavy atom. The molecule has 0 saturated heterocycles. The molecule has 2 aromatic rings. The molecule has 0 aliphatic heterocycles. The van der Waals surface area contributed by atoms with E-state index in [1.54, 1.807) is 24.3 Å². The van der Waals surface area contributed by atoms with E-state index in [4.69, 9.17) is 16.3 Å². The van der Waals surface area contributed by atoms with Gasteiger partial charge < -0.3 is 9.30 Å². The second-order valence-corrected chi connectivity index (χ2v) is 3.82. The van der Waals surface area contributed by atoms with E-state index in [1.165, 1.54) is 0 Å². The Balaban J connectivity index is 1.85. The number of benzene rings is 1. The molecule has 0 aliphatic carbocycles. The summed E-state index contributed by atoms with van der Waals surface area (Å²) in [5, 5.41) is -0.460. The molecule has 0 aliphatic rings. The molecule has 0 unspecified atom stereocenters. The maximum atomic E-state index is 10.8. The standard InChI is InChI=1S/C13H11ClNO2/c14-13(16)11-3-5-12(6-4-11)17-10-9-15-7-1-2-8-15/h1-7H,9-10H2. The van der Waals surface area contributed by atoms with Gasteiger partial charge in [0.05, 0.1) is 12.7 Å². The highest BCUT2D eigenvalue weighted by molar-refractivity contribution is 6.67. The summed E-state index contributed by atoms with van der Waals surface area (Å²) >= 11 is 5.34. The Bertz CT molecular complexity index is 477. The molecule has 0 amide bonds. The second-order valence-electron chi connectivity index (χ2n) is 3.48. The van der Waals surface area contributed by atoms with Gasteiger partial charge in [0, 0.05) is 11.8 Å². The molecular formula is C13H11ClNO2. The van der Waals surface area contributed by atoms with Gasteiger partial charge in [-0.05, 0) is 48.0 Å². The zero-order valence-electron chi connectivity index (χ0n) is 9.10. The summed E-state index contributed by atoms with van der Waals surface area (Å²) < 4.78 is 7.43. The lowest BCUT2D eigenvalue weighted by Gasteiger charge is -2.06. The van der Waals surface area contributed by atoms with E-state index >= 15 is 0 Å². The van der Waals surface area contributed by atoms with Crippen LogP contribution in [0.2, 0.25) is 0 Å². The molecule has 1 aromatic carbocycles. The number of nitrogens with zero attached hydrogens (tertiary/aromatic N) is 1. The Kier molecular flexibility index (Phi) is 3.83. The van der Waals surface area contributed by atoms with E-state index in [1.807, 2.05) is 22.9 Å². The molecule has 0 atom stereocenters. The van der Waals surface area contributed by atoms with Crippen molar-refractivity contribution in [1.29, 1.82) is 0 Å². The largest absolute Gasteiger partial charge is 0.492 e. The maximum absolute atomic E-state index is 10.8. The topological polar surface area (TPSA) is 31.2 Å². The van der Waals surface area contributed by atoms with Gasteiger partial charge in [-0.3, -0.25) is 4.79 Å². The lowest BCUT2D eigenvalue weighted by atomic mass is 10.2. The molecule has 0 fully saturated rings. The molecule has 17 heavy (non-hydrogen) atoms. The number of halogens is 1. The lowest BCUT2D eigenvalue weighted by Crippen LogP contribution is -2.06. The average molecular weight is 249 g/mol. The highest BCUT2D eigenvalue weighted by Gasteiger charge is 2.01. The molecule has 1 radical (unpaired) electrons. The van der Waals surface area contributed by atoms with Crippen molar-refractivity contribution in [3.63, 3.8) is 0 Å². The quantitative estimate of drug-likeness (QED) is 0.762. The van der Waals surface area contributed by atoms with Crippen LogP contribution in [0, 0.1) is 6.20 Å². The van der Waals surface area contributed by atoms with Gasteiger partial charge in [0.25, 0.3) is 5.24 Å². The van der Waals surface area contributed by atoms with Crippen LogP contribution in [0.5, 0.6) is 5.75 Å². The fraction of sp³-hybridized carbons (Fsp3) is 0.154. The summed E-state index contributed by atoms with van der Waals surface area (Å²) in [6.07, 6.45) is 4.95. The molecule has 0 bridgehead atoms. The number of carbonyl (C=O) groups is 1. The van der Waals surface area contributed by atoms with Crippen LogP contribution >= 0.6 is 11.6 Å². The van der Waals surface area contributed by atoms with E-state index in [0.717, 1.165) is 12.3 Å². The minimum atomic E-state index is -0.460. The SMILES string of the molecule is O=C(Cl)c1ccc(OCCn2[c]ccc2)cc1. The Morgan fingerprint density at radius 3 is 2.71 bits per heavy atom. The van der Waals surface area contributed by atoms with Crippen molar-refractivity contribution >= 4 is 16.8 Å². The molecule has 4 heteroatoms. The van der Waals surface area contributed by atoms with Crippen molar-refractivity contribution in [3.8, 4) is 5.75 Å². The van der Waals surface area contributed by atoms with Crippen molar-refractivity contribution < 1.29 is 9.53 Å². The smallest absolute Gasteiger partial charge is 0.252 e. The van der Waals surface area contributed by atoms with Crippen LogP contribution in [0.15, 0.2) is 42.6 Å². The van der Waals surface area contributed by atoms with Crippen molar-refractivity contribution in [2.75, 3.05) is 6.61 Å². The van der Waals surface area contributed by atoms with Crippen LogP contribution in [0.4, 0.5) is 0 Å². The first-order valence-electron chi connectivity index (χ1n) is 5.21. The predicted molar refractivity (Wildman–Crippen MR) is 65.4 cm³/mol. The summed E-state index contributed by atoms with van der Waals surface area (Å²) in [5.74, 6) is 0.721. The Labute approximate surface area is 105 Å². The summed E-state index contributed by atoms with van der Waals surface area (Å²) in [7, 11) is 0. The van der Waals surface area contributed by atoms with Gasteiger partial charge in [-0.1, -0.05) is 0 Å². The van der Waals surface area contributed by atoms with Gasteiger partial charge in [-0.25, -0.2) is 0 Å². The third-order valence-electron chi connectivity index (χ3n) is 2.28. The third kappa shape index (κ3) is 3.36. The average Bonchev–Trinajstić information content (AvgIpc) is 2.83. The van der Waals surface area contributed by atoms with Crippen molar-refractivity contribution in [3.05, 3.63) is 54.4 Å². The van der Waals surface area contributed by atoms with E-state index in [0.29, 0.717) is 12.2 Å². The van der Waals surface area contributed by atoms with Crippen LogP contribution in [0.3, 0.4) is 0 Å². The molecule has 1 aromatic heterocycles. The van der Waals surface area contributed by atoms with Crippen LogP contribution in [-0.2, 0) is 6.54 Å². The van der Waals surface area contributed by atoms with Crippen LogP contribution < -0.4 is 4.74 Å². The van der Waals surface area contributed by atoms with Gasteiger partial charge in [0.1, 0.15) is 12.4 Å². The van der Waals surface area contributed by atoms with Gasteiger partial charge in [0.15, 0.2) is 0 Å². The van der Waals surface area contributed by atoms with Crippen LogP contribution in [0.25, 0.3) is 0 Å². The van der Waals surface area contributed by atoms with E-state index < -0.39 is 5.24 Å². The maximum Gasteiger partial charge on any atom is 0.252 e. The third-order valence-corrected chi connectivity index (χ3v) is 2.50. The zero-order chi connectivity index (χ0) is 12.1. The van der Waals surface area contributed by atoms with Crippen molar-refractivity contribution in [2.45, 2.75) is 6.54 Å². The van der Waals surface area contributed by atoms with Gasteiger partial charge in [-0.15, -0.1) is 0 Å². The fourth-order valence-corrected chi connectivity index (χ4v) is 1.54. The highest BCUT2D eigenvalue weighted by Crippen LogP contribution is 2.13. The normalized spacial score (nSPS) is 10.2. The molecule has 2 rings (SSSR count). The minimum absolute atomic E-state index is 0.460. The van der Waals surface area contributed by atoms with E-state index in [9.17, 15) is 4.79 Å². The van der Waals surface area contributed by atoms with Gasteiger partial charge in [0.2, 0.25) is 0 Å². The fourth-order valence-electron chi connectivity index (χ4n) is 1.41. The summed E-state index contributed by atoms with van der Waals surface area (Å²) in [6, 6.07) is 10.5. The highest BCUT2D eigenvalue weighted by atomic mass is 35.5. The number of carbonyl (C=O) groups excluding carboxylic acids is 1. The van der Waals surface area contributed by atoms with Crippen molar-refractivity contribution in [1.82, 2.24) is 4.57 Å². The minimum Gasteiger partial charge on any atom is -0.492 e. The number of hydrogen-bond donors (Lipinski definition) is 0. The molecule has 87 valence electrons. The Morgan fingerprint density at radius 2 is 2.12 bits per heavy atom. The molecule has 0 spiro atoms.